The van der Waals surface area contributed by atoms with E-state index in [1.165, 1.54) is 55.5 Å². The minimum atomic E-state index is -3.96. The zero-order chi connectivity index (χ0) is 23.3. The third-order valence-corrected chi connectivity index (χ3v) is 5.88. The second-order valence-electron chi connectivity index (χ2n) is 6.74. The normalized spacial score (nSPS) is 10.9. The SMILES string of the molecule is CC(=O)Nc1ccc(S(=O)(=O)Nc2cc(Cl)ccc2OCc2ccc(C(=O)O)cc2)cc1. The first-order valence-electron chi connectivity index (χ1n) is 9.29. The van der Waals surface area contributed by atoms with Crippen LogP contribution in [0.15, 0.2) is 71.6 Å². The minimum absolute atomic E-state index is 0.0122. The van der Waals surface area contributed by atoms with Crippen molar-refractivity contribution in [2.75, 3.05) is 10.0 Å². The molecule has 32 heavy (non-hydrogen) atoms. The lowest BCUT2D eigenvalue weighted by Gasteiger charge is -2.14. The Bertz CT molecular complexity index is 1240. The molecule has 0 aliphatic rings. The number of anilines is 2. The van der Waals surface area contributed by atoms with Gasteiger partial charge in [0.05, 0.1) is 16.1 Å². The smallest absolute Gasteiger partial charge is 0.335 e. The molecule has 1 amide bonds. The Morgan fingerprint density at radius 2 is 1.66 bits per heavy atom. The molecule has 0 bridgehead atoms. The van der Waals surface area contributed by atoms with Gasteiger partial charge < -0.3 is 15.2 Å². The lowest BCUT2D eigenvalue weighted by atomic mass is 10.1. The topological polar surface area (TPSA) is 122 Å². The van der Waals surface area contributed by atoms with Crippen LogP contribution in [0, 0.1) is 0 Å². The molecular weight excluding hydrogens is 456 g/mol. The molecule has 0 spiro atoms. The molecule has 8 nitrogen and oxygen atoms in total. The minimum Gasteiger partial charge on any atom is -0.487 e. The van der Waals surface area contributed by atoms with Gasteiger partial charge in [-0.3, -0.25) is 9.52 Å². The number of carboxylic acid groups (broad SMARTS) is 1. The van der Waals surface area contributed by atoms with Gasteiger partial charge in [0, 0.05) is 17.6 Å². The first-order chi connectivity index (χ1) is 15.1. The molecule has 3 N–H and O–H groups in total. The van der Waals surface area contributed by atoms with E-state index in [2.05, 4.69) is 10.0 Å². The van der Waals surface area contributed by atoms with Crippen molar-refractivity contribution in [1.29, 1.82) is 0 Å². The second kappa shape index (κ2) is 9.71. The first-order valence-corrected chi connectivity index (χ1v) is 11.2. The fourth-order valence-corrected chi connectivity index (χ4v) is 3.97. The summed E-state index contributed by atoms with van der Waals surface area (Å²) in [5.74, 6) is -1.05. The maximum Gasteiger partial charge on any atom is 0.335 e. The summed E-state index contributed by atoms with van der Waals surface area (Å²) < 4.78 is 33.8. The Kier molecular flexibility index (Phi) is 7.01. The number of halogens is 1. The van der Waals surface area contributed by atoms with Crippen molar-refractivity contribution < 1.29 is 27.9 Å². The Labute approximate surface area is 189 Å². The summed E-state index contributed by atoms with van der Waals surface area (Å²) in [5, 5.41) is 11.8. The molecule has 3 aromatic rings. The summed E-state index contributed by atoms with van der Waals surface area (Å²) in [6.07, 6.45) is 0. The number of benzene rings is 3. The highest BCUT2D eigenvalue weighted by molar-refractivity contribution is 7.92. The maximum atomic E-state index is 12.8. The monoisotopic (exact) mass is 474 g/mol. The van der Waals surface area contributed by atoms with Crippen LogP contribution in [0.5, 0.6) is 5.75 Å². The zero-order valence-corrected chi connectivity index (χ0v) is 18.4. The van der Waals surface area contributed by atoms with Crippen molar-refractivity contribution in [1.82, 2.24) is 0 Å². The summed E-state index contributed by atoms with van der Waals surface area (Å²) in [5.41, 5.74) is 1.47. The van der Waals surface area contributed by atoms with E-state index >= 15 is 0 Å². The molecular formula is C22H19ClN2O6S. The highest BCUT2D eigenvalue weighted by atomic mass is 35.5. The largest absolute Gasteiger partial charge is 0.487 e. The third kappa shape index (κ3) is 5.99. The Morgan fingerprint density at radius 1 is 1.00 bits per heavy atom. The van der Waals surface area contributed by atoms with Gasteiger partial charge >= 0.3 is 5.97 Å². The Morgan fingerprint density at radius 3 is 2.25 bits per heavy atom. The number of amides is 1. The van der Waals surface area contributed by atoms with Gasteiger partial charge in [0.1, 0.15) is 12.4 Å². The maximum absolute atomic E-state index is 12.8. The average molecular weight is 475 g/mol. The number of carbonyl (C=O) groups is 2. The number of aromatic carboxylic acids is 1. The molecule has 3 aromatic carbocycles. The van der Waals surface area contributed by atoms with Crippen molar-refractivity contribution in [3.8, 4) is 5.75 Å². The van der Waals surface area contributed by atoms with Crippen molar-refractivity contribution in [2.45, 2.75) is 18.4 Å². The highest BCUT2D eigenvalue weighted by Gasteiger charge is 2.17. The highest BCUT2D eigenvalue weighted by Crippen LogP contribution is 2.31. The molecule has 0 aromatic heterocycles. The quantitative estimate of drug-likeness (QED) is 0.445. The Hall–Kier alpha value is -3.56. The molecule has 0 heterocycles. The van der Waals surface area contributed by atoms with Gasteiger partial charge in [-0.15, -0.1) is 0 Å². The second-order valence-corrected chi connectivity index (χ2v) is 8.86. The number of carboxylic acids is 1. The molecule has 0 aliphatic heterocycles. The molecule has 0 aliphatic carbocycles. The van der Waals surface area contributed by atoms with Crippen molar-refractivity contribution >= 4 is 44.9 Å². The van der Waals surface area contributed by atoms with Crippen LogP contribution in [0.4, 0.5) is 11.4 Å². The van der Waals surface area contributed by atoms with Crippen molar-refractivity contribution in [3.05, 3.63) is 82.9 Å². The van der Waals surface area contributed by atoms with E-state index in [4.69, 9.17) is 21.4 Å². The fourth-order valence-electron chi connectivity index (χ4n) is 2.74. The van der Waals surface area contributed by atoms with E-state index in [-0.39, 0.29) is 34.4 Å². The first kappa shape index (κ1) is 23.1. The van der Waals surface area contributed by atoms with E-state index in [0.717, 1.165) is 0 Å². The molecule has 0 unspecified atom stereocenters. The average Bonchev–Trinajstić information content (AvgIpc) is 2.73. The van der Waals surface area contributed by atoms with E-state index < -0.39 is 16.0 Å². The third-order valence-electron chi connectivity index (χ3n) is 4.27. The van der Waals surface area contributed by atoms with Crippen LogP contribution in [0.3, 0.4) is 0 Å². The van der Waals surface area contributed by atoms with Crippen LogP contribution in [-0.4, -0.2) is 25.4 Å². The standard InChI is InChI=1S/C22H19ClN2O6S/c1-14(26)24-18-7-9-19(10-8-18)32(29,30)25-20-12-17(23)6-11-21(20)31-13-15-2-4-16(5-3-15)22(27)28/h2-12,25H,13H2,1H3,(H,24,26)(H,27,28). The van der Waals surface area contributed by atoms with Gasteiger partial charge in [-0.2, -0.15) is 0 Å². The number of sulfonamides is 1. The number of ether oxygens (including phenoxy) is 1. The predicted octanol–water partition coefficient (Wildman–Crippen LogP) is 4.38. The van der Waals surface area contributed by atoms with Crippen molar-refractivity contribution in [2.24, 2.45) is 0 Å². The van der Waals surface area contributed by atoms with Crippen LogP contribution < -0.4 is 14.8 Å². The Balaban J connectivity index is 1.78. The van der Waals surface area contributed by atoms with Crippen LogP contribution in [-0.2, 0) is 21.4 Å². The van der Waals surface area contributed by atoms with E-state index in [1.807, 2.05) is 0 Å². The number of hydrogen-bond donors (Lipinski definition) is 3. The molecule has 0 saturated carbocycles. The molecule has 0 fully saturated rings. The molecule has 10 heteroatoms. The lowest BCUT2D eigenvalue weighted by molar-refractivity contribution is -0.114. The van der Waals surface area contributed by atoms with Crippen LogP contribution in [0.25, 0.3) is 0 Å². The molecule has 0 radical (unpaired) electrons. The fraction of sp³-hybridized carbons (Fsp3) is 0.0909. The van der Waals surface area contributed by atoms with E-state index in [0.29, 0.717) is 16.3 Å². The van der Waals surface area contributed by atoms with Gasteiger partial charge in [0.25, 0.3) is 10.0 Å². The van der Waals surface area contributed by atoms with Gasteiger partial charge in [0.2, 0.25) is 5.91 Å². The van der Waals surface area contributed by atoms with Crippen LogP contribution >= 0.6 is 11.6 Å². The number of rotatable bonds is 8. The van der Waals surface area contributed by atoms with Crippen molar-refractivity contribution in [3.63, 3.8) is 0 Å². The van der Waals surface area contributed by atoms with E-state index in [1.54, 1.807) is 18.2 Å². The van der Waals surface area contributed by atoms with Gasteiger partial charge in [-0.25, -0.2) is 13.2 Å². The van der Waals surface area contributed by atoms with Gasteiger partial charge in [-0.1, -0.05) is 23.7 Å². The number of nitrogens with one attached hydrogen (secondary N) is 2. The van der Waals surface area contributed by atoms with E-state index in [9.17, 15) is 18.0 Å². The molecule has 166 valence electrons. The summed E-state index contributed by atoms with van der Waals surface area (Å²) in [4.78, 5) is 22.1. The molecule has 0 saturated heterocycles. The summed E-state index contributed by atoms with van der Waals surface area (Å²) >= 11 is 6.04. The van der Waals surface area contributed by atoms with Gasteiger partial charge in [-0.05, 0) is 60.2 Å². The molecule has 3 rings (SSSR count). The summed E-state index contributed by atoms with van der Waals surface area (Å²) in [6.45, 7) is 1.44. The van der Waals surface area contributed by atoms with Crippen LogP contribution in [0.2, 0.25) is 5.02 Å². The lowest BCUT2D eigenvalue weighted by Crippen LogP contribution is -2.14. The predicted molar refractivity (Wildman–Crippen MR) is 121 cm³/mol. The zero-order valence-electron chi connectivity index (χ0n) is 16.8. The molecule has 0 atom stereocenters. The summed E-state index contributed by atoms with van der Waals surface area (Å²) in [7, 11) is -3.96. The number of hydrogen-bond acceptors (Lipinski definition) is 5. The van der Waals surface area contributed by atoms with Crippen LogP contribution in [0.1, 0.15) is 22.8 Å². The number of carbonyl (C=O) groups excluding carboxylic acids is 1. The summed E-state index contributed by atoms with van der Waals surface area (Å²) in [6, 6.07) is 16.3. The van der Waals surface area contributed by atoms with Gasteiger partial charge in [0.15, 0.2) is 0 Å².